The SMILES string of the molecule is CC(=O)N1C=C(c2ccccc2)N(CC(=O)[O-])C(=O)C1(C)C. The van der Waals surface area contributed by atoms with Crippen LogP contribution in [0.3, 0.4) is 0 Å². The molecule has 6 nitrogen and oxygen atoms in total. The van der Waals surface area contributed by atoms with Crippen molar-refractivity contribution in [3.05, 3.63) is 42.1 Å². The number of carboxylic acids is 1. The van der Waals surface area contributed by atoms with Crippen LogP contribution in [0.4, 0.5) is 0 Å². The number of benzene rings is 1. The van der Waals surface area contributed by atoms with Crippen LogP contribution in [0.1, 0.15) is 26.3 Å². The molecule has 0 atom stereocenters. The quantitative estimate of drug-likeness (QED) is 0.799. The zero-order valence-corrected chi connectivity index (χ0v) is 12.7. The molecule has 0 aromatic heterocycles. The van der Waals surface area contributed by atoms with Crippen molar-refractivity contribution in [2.75, 3.05) is 6.54 Å². The van der Waals surface area contributed by atoms with Gasteiger partial charge in [0.25, 0.3) is 5.91 Å². The highest BCUT2D eigenvalue weighted by Crippen LogP contribution is 2.32. The molecule has 0 saturated heterocycles. The Hall–Kier alpha value is -2.63. The van der Waals surface area contributed by atoms with Crippen molar-refractivity contribution in [1.29, 1.82) is 0 Å². The van der Waals surface area contributed by atoms with Crippen molar-refractivity contribution in [3.8, 4) is 0 Å². The van der Waals surface area contributed by atoms with E-state index in [-0.39, 0.29) is 5.91 Å². The van der Waals surface area contributed by atoms with Gasteiger partial charge in [-0.1, -0.05) is 30.3 Å². The molecule has 6 heteroatoms. The van der Waals surface area contributed by atoms with Crippen LogP contribution in [0.15, 0.2) is 36.5 Å². The van der Waals surface area contributed by atoms with Crippen LogP contribution in [0.2, 0.25) is 0 Å². The average molecular weight is 301 g/mol. The Morgan fingerprint density at radius 3 is 2.27 bits per heavy atom. The van der Waals surface area contributed by atoms with Gasteiger partial charge < -0.3 is 19.7 Å². The lowest BCUT2D eigenvalue weighted by atomic mass is 9.96. The number of rotatable bonds is 3. The fraction of sp³-hybridized carbons (Fsp3) is 0.312. The zero-order valence-electron chi connectivity index (χ0n) is 12.7. The van der Waals surface area contributed by atoms with E-state index in [1.54, 1.807) is 38.1 Å². The van der Waals surface area contributed by atoms with Crippen molar-refractivity contribution >= 4 is 23.5 Å². The smallest absolute Gasteiger partial charge is 0.253 e. The first kappa shape index (κ1) is 15.8. The van der Waals surface area contributed by atoms with Gasteiger partial charge in [-0.15, -0.1) is 0 Å². The third-order valence-electron chi connectivity index (χ3n) is 3.61. The minimum Gasteiger partial charge on any atom is -0.548 e. The first-order chi connectivity index (χ1) is 10.2. The summed E-state index contributed by atoms with van der Waals surface area (Å²) in [5.74, 6) is -2.12. The first-order valence-corrected chi connectivity index (χ1v) is 6.84. The Morgan fingerprint density at radius 2 is 1.77 bits per heavy atom. The minimum atomic E-state index is -1.36. The molecule has 0 spiro atoms. The number of carbonyl (C=O) groups is 3. The Balaban J connectivity index is 2.60. The second-order valence-corrected chi connectivity index (χ2v) is 5.59. The number of aliphatic carboxylic acids is 1. The van der Waals surface area contributed by atoms with Gasteiger partial charge in [-0.25, -0.2) is 0 Å². The van der Waals surface area contributed by atoms with E-state index < -0.39 is 24.0 Å². The number of carboxylic acid groups (broad SMARTS) is 1. The molecule has 0 bridgehead atoms. The summed E-state index contributed by atoms with van der Waals surface area (Å²) in [6, 6.07) is 8.85. The molecule has 1 aromatic carbocycles. The number of carbonyl (C=O) groups excluding carboxylic acids is 3. The Labute approximate surface area is 128 Å². The zero-order chi connectivity index (χ0) is 16.5. The molecule has 1 heterocycles. The van der Waals surface area contributed by atoms with Gasteiger partial charge in [-0.3, -0.25) is 9.59 Å². The van der Waals surface area contributed by atoms with Gasteiger partial charge in [0, 0.05) is 13.1 Å². The standard InChI is InChI=1S/C16H18N2O4/c1-11(19)18-9-13(12-7-5-4-6-8-12)17(10-14(20)21)15(22)16(18,2)3/h4-9H,10H2,1-3H3,(H,20,21)/p-1. The summed E-state index contributed by atoms with van der Waals surface area (Å²) in [5, 5.41) is 11.0. The second-order valence-electron chi connectivity index (χ2n) is 5.59. The highest BCUT2D eigenvalue weighted by atomic mass is 16.4. The molecule has 1 aromatic rings. The molecule has 22 heavy (non-hydrogen) atoms. The first-order valence-electron chi connectivity index (χ1n) is 6.84. The van der Waals surface area contributed by atoms with E-state index in [9.17, 15) is 19.5 Å². The average Bonchev–Trinajstić information content (AvgIpc) is 2.44. The van der Waals surface area contributed by atoms with Gasteiger partial charge in [0.2, 0.25) is 5.91 Å². The minimum absolute atomic E-state index is 0.292. The maximum Gasteiger partial charge on any atom is 0.253 e. The van der Waals surface area contributed by atoms with E-state index in [0.717, 1.165) is 4.90 Å². The van der Waals surface area contributed by atoms with Crippen LogP contribution in [-0.2, 0) is 14.4 Å². The van der Waals surface area contributed by atoms with Gasteiger partial charge >= 0.3 is 0 Å². The Kier molecular flexibility index (Phi) is 4.03. The van der Waals surface area contributed by atoms with Crippen LogP contribution >= 0.6 is 0 Å². The van der Waals surface area contributed by atoms with Gasteiger partial charge in [0.05, 0.1) is 18.2 Å². The van der Waals surface area contributed by atoms with Gasteiger partial charge in [-0.2, -0.15) is 0 Å². The highest BCUT2D eigenvalue weighted by Gasteiger charge is 2.43. The lowest BCUT2D eigenvalue weighted by molar-refractivity contribution is -0.305. The topological polar surface area (TPSA) is 80.8 Å². The van der Waals surface area contributed by atoms with Crippen LogP contribution < -0.4 is 5.11 Å². The Morgan fingerprint density at radius 1 is 1.18 bits per heavy atom. The highest BCUT2D eigenvalue weighted by molar-refractivity contribution is 6.00. The molecule has 0 fully saturated rings. The third kappa shape index (κ3) is 2.72. The van der Waals surface area contributed by atoms with E-state index in [1.165, 1.54) is 18.0 Å². The molecule has 0 radical (unpaired) electrons. The van der Waals surface area contributed by atoms with E-state index in [0.29, 0.717) is 11.3 Å². The predicted octanol–water partition coefficient (Wildman–Crippen LogP) is 0.204. The summed E-state index contributed by atoms with van der Waals surface area (Å²) >= 11 is 0. The molecule has 0 N–H and O–H groups in total. The second kappa shape index (κ2) is 5.63. The van der Waals surface area contributed by atoms with E-state index >= 15 is 0 Å². The molecular weight excluding hydrogens is 284 g/mol. The van der Waals surface area contributed by atoms with E-state index in [2.05, 4.69) is 0 Å². The maximum absolute atomic E-state index is 12.7. The summed E-state index contributed by atoms with van der Waals surface area (Å²) in [6.07, 6.45) is 1.52. The number of hydrogen-bond acceptors (Lipinski definition) is 4. The molecular formula is C16H17N2O4-. The summed E-state index contributed by atoms with van der Waals surface area (Å²) in [7, 11) is 0. The van der Waals surface area contributed by atoms with Crippen LogP contribution in [0.5, 0.6) is 0 Å². The molecule has 0 unspecified atom stereocenters. The normalized spacial score (nSPS) is 17.2. The van der Waals surface area contributed by atoms with Gasteiger partial charge in [0.15, 0.2) is 0 Å². The summed E-state index contributed by atoms with van der Waals surface area (Å²) in [5.41, 5.74) is -0.136. The molecule has 2 amide bonds. The van der Waals surface area contributed by atoms with E-state index in [1.807, 2.05) is 6.07 Å². The molecule has 2 rings (SSSR count). The summed E-state index contributed by atoms with van der Waals surface area (Å²) in [4.78, 5) is 38.0. The van der Waals surface area contributed by atoms with Crippen LogP contribution in [-0.4, -0.2) is 39.7 Å². The fourth-order valence-corrected chi connectivity index (χ4v) is 2.51. The largest absolute Gasteiger partial charge is 0.548 e. The molecule has 0 saturated carbocycles. The van der Waals surface area contributed by atoms with Crippen molar-refractivity contribution in [2.24, 2.45) is 0 Å². The van der Waals surface area contributed by atoms with Crippen molar-refractivity contribution < 1.29 is 19.5 Å². The monoisotopic (exact) mass is 301 g/mol. The van der Waals surface area contributed by atoms with Crippen molar-refractivity contribution in [3.63, 3.8) is 0 Å². The van der Waals surface area contributed by atoms with Crippen molar-refractivity contribution in [1.82, 2.24) is 9.80 Å². The molecule has 1 aliphatic rings. The Bertz CT molecular complexity index is 649. The van der Waals surface area contributed by atoms with Gasteiger partial charge in [0.1, 0.15) is 5.54 Å². The predicted molar refractivity (Wildman–Crippen MR) is 77.7 cm³/mol. The number of amides is 2. The molecule has 1 aliphatic heterocycles. The maximum atomic E-state index is 12.7. The van der Waals surface area contributed by atoms with E-state index in [4.69, 9.17) is 0 Å². The van der Waals surface area contributed by atoms with Crippen molar-refractivity contribution in [2.45, 2.75) is 26.3 Å². The third-order valence-corrected chi connectivity index (χ3v) is 3.61. The summed E-state index contributed by atoms with van der Waals surface area (Å²) < 4.78 is 0. The lowest BCUT2D eigenvalue weighted by Gasteiger charge is -2.44. The summed E-state index contributed by atoms with van der Waals surface area (Å²) in [6.45, 7) is 3.96. The van der Waals surface area contributed by atoms with Gasteiger partial charge in [-0.05, 0) is 19.4 Å². The van der Waals surface area contributed by atoms with Crippen LogP contribution in [0, 0.1) is 0 Å². The molecule has 0 aliphatic carbocycles. The number of nitrogens with zero attached hydrogens (tertiary/aromatic N) is 2. The fourth-order valence-electron chi connectivity index (χ4n) is 2.51. The lowest BCUT2D eigenvalue weighted by Crippen LogP contribution is -2.60. The number of hydrogen-bond donors (Lipinski definition) is 0. The van der Waals surface area contributed by atoms with Crippen LogP contribution in [0.25, 0.3) is 5.70 Å². The molecule has 116 valence electrons.